The maximum absolute atomic E-state index is 12.6. The topological polar surface area (TPSA) is 92.9 Å². The zero-order valence-corrected chi connectivity index (χ0v) is 13.0. The average molecular weight is 325 g/mol. The molecular formula is C14H19N3O4S. The third-order valence-corrected chi connectivity index (χ3v) is 5.89. The quantitative estimate of drug-likeness (QED) is 0.810. The first-order valence-corrected chi connectivity index (χ1v) is 8.66. The average Bonchev–Trinajstić information content (AvgIpc) is 2.90. The second kappa shape index (κ2) is 5.86. The Morgan fingerprint density at radius 3 is 2.64 bits per heavy atom. The molecule has 0 aromatic heterocycles. The Kier molecular flexibility index (Phi) is 4.07. The Balaban J connectivity index is 1.86. The molecule has 8 heteroatoms. The number of ether oxygens (including phenoxy) is 1. The molecule has 2 heterocycles. The zero-order chi connectivity index (χ0) is 15.7. The van der Waals surface area contributed by atoms with Crippen molar-refractivity contribution in [3.63, 3.8) is 0 Å². The van der Waals surface area contributed by atoms with Gasteiger partial charge in [-0.3, -0.25) is 4.79 Å². The molecule has 3 rings (SSSR count). The number of rotatable bonds is 4. The minimum atomic E-state index is -3.48. The van der Waals surface area contributed by atoms with E-state index >= 15 is 0 Å². The van der Waals surface area contributed by atoms with Crippen molar-refractivity contribution in [2.45, 2.75) is 11.3 Å². The summed E-state index contributed by atoms with van der Waals surface area (Å²) in [5, 5.41) is 0. The van der Waals surface area contributed by atoms with Gasteiger partial charge in [-0.15, -0.1) is 0 Å². The summed E-state index contributed by atoms with van der Waals surface area (Å²) in [4.78, 5) is 13.2. The minimum absolute atomic E-state index is 0.155. The molecule has 2 N–H and O–H groups in total. The van der Waals surface area contributed by atoms with E-state index in [0.717, 1.165) is 17.7 Å². The lowest BCUT2D eigenvalue weighted by Gasteiger charge is -2.26. The summed E-state index contributed by atoms with van der Waals surface area (Å²) in [6.45, 7) is 2.45. The number of fused-ring (bicyclic) bond motifs is 1. The molecule has 1 aromatic carbocycles. The van der Waals surface area contributed by atoms with E-state index in [2.05, 4.69) is 0 Å². The number of nitrogens with zero attached hydrogens (tertiary/aromatic N) is 2. The molecule has 0 bridgehead atoms. The summed E-state index contributed by atoms with van der Waals surface area (Å²) in [6.07, 6.45) is 0.717. The van der Waals surface area contributed by atoms with Gasteiger partial charge in [0.1, 0.15) is 0 Å². The Bertz CT molecular complexity index is 683. The van der Waals surface area contributed by atoms with Gasteiger partial charge in [0.15, 0.2) is 0 Å². The lowest BCUT2D eigenvalue weighted by atomic mass is 10.2. The minimum Gasteiger partial charge on any atom is -0.379 e. The van der Waals surface area contributed by atoms with Crippen molar-refractivity contribution in [1.29, 1.82) is 0 Å². The molecule has 1 amide bonds. The van der Waals surface area contributed by atoms with Gasteiger partial charge in [-0.2, -0.15) is 4.31 Å². The summed E-state index contributed by atoms with van der Waals surface area (Å²) in [6, 6.07) is 5.07. The molecule has 0 saturated carbocycles. The summed E-state index contributed by atoms with van der Waals surface area (Å²) < 4.78 is 31.9. The maximum Gasteiger partial charge on any atom is 0.243 e. The van der Waals surface area contributed by atoms with Crippen LogP contribution in [0.2, 0.25) is 0 Å². The van der Waals surface area contributed by atoms with E-state index in [9.17, 15) is 13.2 Å². The molecule has 1 saturated heterocycles. The number of amides is 1. The highest BCUT2D eigenvalue weighted by Crippen LogP contribution is 2.30. The van der Waals surface area contributed by atoms with Gasteiger partial charge >= 0.3 is 0 Å². The van der Waals surface area contributed by atoms with Crippen molar-refractivity contribution in [3.8, 4) is 0 Å². The molecule has 0 atom stereocenters. The molecule has 7 nitrogen and oxygen atoms in total. The monoisotopic (exact) mass is 325 g/mol. The van der Waals surface area contributed by atoms with Crippen LogP contribution in [0, 0.1) is 0 Å². The Morgan fingerprint density at radius 2 is 1.95 bits per heavy atom. The highest BCUT2D eigenvalue weighted by Gasteiger charge is 2.28. The lowest BCUT2D eigenvalue weighted by molar-refractivity contribution is -0.116. The van der Waals surface area contributed by atoms with Gasteiger partial charge < -0.3 is 15.4 Å². The number of sulfonamides is 1. The number of morpholine rings is 1. The Labute approximate surface area is 129 Å². The van der Waals surface area contributed by atoms with Gasteiger partial charge in [0.2, 0.25) is 15.9 Å². The second-order valence-electron chi connectivity index (χ2n) is 5.44. The lowest BCUT2D eigenvalue weighted by Crippen LogP contribution is -2.40. The van der Waals surface area contributed by atoms with Gasteiger partial charge in [0.05, 0.1) is 24.7 Å². The fraction of sp³-hybridized carbons (Fsp3) is 0.500. The van der Waals surface area contributed by atoms with Crippen LogP contribution in [0.5, 0.6) is 0 Å². The SMILES string of the molecule is NC(=O)CN1CCc2cc(S(=O)(=O)N3CCOCC3)ccc21. The molecule has 0 spiro atoms. The summed E-state index contributed by atoms with van der Waals surface area (Å²) in [5.41, 5.74) is 7.06. The molecule has 1 fully saturated rings. The highest BCUT2D eigenvalue weighted by atomic mass is 32.2. The molecule has 2 aliphatic rings. The predicted octanol–water partition coefficient (Wildman–Crippen LogP) is -0.445. The molecular weight excluding hydrogens is 306 g/mol. The predicted molar refractivity (Wildman–Crippen MR) is 81.1 cm³/mol. The largest absolute Gasteiger partial charge is 0.379 e. The first-order valence-electron chi connectivity index (χ1n) is 7.22. The molecule has 0 unspecified atom stereocenters. The van der Waals surface area contributed by atoms with Gasteiger partial charge in [-0.25, -0.2) is 8.42 Å². The van der Waals surface area contributed by atoms with Crippen LogP contribution in [0.4, 0.5) is 5.69 Å². The number of carbonyl (C=O) groups is 1. The second-order valence-corrected chi connectivity index (χ2v) is 7.38. The highest BCUT2D eigenvalue weighted by molar-refractivity contribution is 7.89. The van der Waals surface area contributed by atoms with Crippen molar-refractivity contribution in [3.05, 3.63) is 23.8 Å². The Morgan fingerprint density at radius 1 is 1.23 bits per heavy atom. The fourth-order valence-electron chi connectivity index (χ4n) is 2.90. The summed E-state index contributed by atoms with van der Waals surface area (Å²) in [7, 11) is -3.48. The van der Waals surface area contributed by atoms with E-state index in [1.54, 1.807) is 18.2 Å². The van der Waals surface area contributed by atoms with E-state index in [1.807, 2.05) is 4.90 Å². The van der Waals surface area contributed by atoms with Crippen molar-refractivity contribution in [1.82, 2.24) is 4.31 Å². The number of benzene rings is 1. The van der Waals surface area contributed by atoms with Gasteiger partial charge in [-0.1, -0.05) is 0 Å². The molecule has 1 aromatic rings. The van der Waals surface area contributed by atoms with E-state index in [-0.39, 0.29) is 6.54 Å². The Hall–Kier alpha value is -1.64. The number of nitrogens with two attached hydrogens (primary N) is 1. The van der Waals surface area contributed by atoms with Crippen LogP contribution in [-0.2, 0) is 26.0 Å². The number of carbonyl (C=O) groups excluding carboxylic acids is 1. The maximum atomic E-state index is 12.6. The van der Waals surface area contributed by atoms with E-state index in [0.29, 0.717) is 37.7 Å². The number of hydrogen-bond acceptors (Lipinski definition) is 5. The third kappa shape index (κ3) is 2.81. The van der Waals surface area contributed by atoms with Crippen molar-refractivity contribution < 1.29 is 17.9 Å². The number of primary amides is 1. The molecule has 22 heavy (non-hydrogen) atoms. The molecule has 0 aliphatic carbocycles. The van der Waals surface area contributed by atoms with Crippen LogP contribution in [-0.4, -0.2) is 58.0 Å². The molecule has 2 aliphatic heterocycles. The van der Waals surface area contributed by atoms with Crippen molar-refractivity contribution in [2.75, 3.05) is 44.3 Å². The van der Waals surface area contributed by atoms with E-state index in [4.69, 9.17) is 10.5 Å². The number of hydrogen-bond donors (Lipinski definition) is 1. The van der Waals surface area contributed by atoms with Crippen LogP contribution in [0.25, 0.3) is 0 Å². The first-order chi connectivity index (χ1) is 10.5. The first kappa shape index (κ1) is 15.3. The number of anilines is 1. The van der Waals surface area contributed by atoms with Crippen LogP contribution in [0.15, 0.2) is 23.1 Å². The smallest absolute Gasteiger partial charge is 0.243 e. The van der Waals surface area contributed by atoms with Crippen molar-refractivity contribution >= 4 is 21.6 Å². The van der Waals surface area contributed by atoms with Crippen LogP contribution < -0.4 is 10.6 Å². The van der Waals surface area contributed by atoms with E-state index < -0.39 is 15.9 Å². The molecule has 0 radical (unpaired) electrons. The van der Waals surface area contributed by atoms with Crippen LogP contribution >= 0.6 is 0 Å². The zero-order valence-electron chi connectivity index (χ0n) is 12.2. The van der Waals surface area contributed by atoms with Gasteiger partial charge in [0.25, 0.3) is 0 Å². The normalized spacial score (nSPS) is 19.2. The molecule has 120 valence electrons. The van der Waals surface area contributed by atoms with Gasteiger partial charge in [0, 0.05) is 25.3 Å². The van der Waals surface area contributed by atoms with Crippen LogP contribution in [0.1, 0.15) is 5.56 Å². The fourth-order valence-corrected chi connectivity index (χ4v) is 4.35. The standard InChI is InChI=1S/C14H19N3O4S/c15-14(18)10-16-4-3-11-9-12(1-2-13(11)16)22(19,20)17-5-7-21-8-6-17/h1-2,9H,3-8,10H2,(H2,15,18). The van der Waals surface area contributed by atoms with Crippen LogP contribution in [0.3, 0.4) is 0 Å². The third-order valence-electron chi connectivity index (χ3n) is 4.00. The van der Waals surface area contributed by atoms with E-state index in [1.165, 1.54) is 4.31 Å². The summed E-state index contributed by atoms with van der Waals surface area (Å²) >= 11 is 0. The van der Waals surface area contributed by atoms with Crippen molar-refractivity contribution in [2.24, 2.45) is 5.73 Å². The van der Waals surface area contributed by atoms with Gasteiger partial charge in [-0.05, 0) is 30.2 Å². The summed E-state index contributed by atoms with van der Waals surface area (Å²) in [5.74, 6) is -0.391.